The van der Waals surface area contributed by atoms with Crippen molar-refractivity contribution in [3.05, 3.63) is 69.7 Å². The molecule has 25 heavy (non-hydrogen) atoms. The molecule has 6 heteroatoms. The molecule has 0 saturated carbocycles. The number of carbonyl (C=O) groups excluding carboxylic acids is 1. The van der Waals surface area contributed by atoms with Crippen molar-refractivity contribution >= 4 is 46.0 Å². The van der Waals surface area contributed by atoms with E-state index in [1.54, 1.807) is 34.9 Å². The lowest BCUT2D eigenvalue weighted by Crippen LogP contribution is -2.40. The van der Waals surface area contributed by atoms with E-state index < -0.39 is 0 Å². The van der Waals surface area contributed by atoms with Crippen LogP contribution in [0, 0.1) is 0 Å². The maximum absolute atomic E-state index is 12.8. The number of halogens is 2. The molecule has 1 aliphatic rings. The summed E-state index contributed by atoms with van der Waals surface area (Å²) >= 11 is 14.0. The fourth-order valence-electron chi connectivity index (χ4n) is 2.61. The third-order valence-corrected chi connectivity index (χ3v) is 5.73. The molecular weight excluding hydrogens is 375 g/mol. The molecule has 2 aromatic carbocycles. The van der Waals surface area contributed by atoms with Crippen molar-refractivity contribution in [2.45, 2.75) is 19.4 Å². The smallest absolute Gasteiger partial charge is 0.233 e. The molecular formula is C19H18Cl2N2OS. The van der Waals surface area contributed by atoms with E-state index in [2.05, 4.69) is 4.99 Å². The monoisotopic (exact) mass is 392 g/mol. The second-order valence-corrected chi connectivity index (χ2v) is 7.59. The predicted molar refractivity (Wildman–Crippen MR) is 107 cm³/mol. The van der Waals surface area contributed by atoms with Gasteiger partial charge < -0.3 is 0 Å². The van der Waals surface area contributed by atoms with Crippen LogP contribution in [-0.2, 0) is 17.8 Å². The average molecular weight is 393 g/mol. The molecule has 0 unspecified atom stereocenters. The lowest BCUT2D eigenvalue weighted by Gasteiger charge is -2.28. The summed E-state index contributed by atoms with van der Waals surface area (Å²) in [6.45, 7) is 1.25. The first-order valence-electron chi connectivity index (χ1n) is 8.09. The predicted octanol–water partition coefficient (Wildman–Crippen LogP) is 5.06. The van der Waals surface area contributed by atoms with E-state index in [1.165, 1.54) is 0 Å². The van der Waals surface area contributed by atoms with Crippen LogP contribution in [0.4, 0.5) is 0 Å². The van der Waals surface area contributed by atoms with E-state index in [4.69, 9.17) is 23.2 Å². The molecule has 0 spiro atoms. The van der Waals surface area contributed by atoms with Crippen molar-refractivity contribution in [1.29, 1.82) is 0 Å². The van der Waals surface area contributed by atoms with E-state index >= 15 is 0 Å². The Labute approximate surface area is 162 Å². The van der Waals surface area contributed by atoms with Crippen molar-refractivity contribution < 1.29 is 4.79 Å². The van der Waals surface area contributed by atoms with Crippen LogP contribution in [0.3, 0.4) is 0 Å². The number of rotatable bonds is 4. The van der Waals surface area contributed by atoms with Crippen LogP contribution in [0.2, 0.25) is 10.0 Å². The SMILES string of the molecule is O=C(Cc1c(Cl)cccc1Cl)N1CCCSC1=NCc1ccccc1. The van der Waals surface area contributed by atoms with Crippen molar-refractivity contribution in [2.24, 2.45) is 4.99 Å². The first-order chi connectivity index (χ1) is 12.1. The quantitative estimate of drug-likeness (QED) is 0.728. The van der Waals surface area contributed by atoms with Crippen LogP contribution in [-0.4, -0.2) is 28.3 Å². The normalized spacial score (nSPS) is 16.2. The van der Waals surface area contributed by atoms with Crippen molar-refractivity contribution in [3.63, 3.8) is 0 Å². The van der Waals surface area contributed by atoms with Gasteiger partial charge in [-0.1, -0.05) is 71.4 Å². The maximum atomic E-state index is 12.8. The highest BCUT2D eigenvalue weighted by Gasteiger charge is 2.24. The Morgan fingerprint density at radius 1 is 1.08 bits per heavy atom. The number of hydrogen-bond donors (Lipinski definition) is 0. The van der Waals surface area contributed by atoms with Crippen molar-refractivity contribution in [3.8, 4) is 0 Å². The van der Waals surface area contributed by atoms with E-state index in [0.29, 0.717) is 28.7 Å². The van der Waals surface area contributed by atoms with Crippen LogP contribution in [0.25, 0.3) is 0 Å². The van der Waals surface area contributed by atoms with Crippen molar-refractivity contribution in [2.75, 3.05) is 12.3 Å². The molecule has 3 rings (SSSR count). The Bertz CT molecular complexity index is 760. The molecule has 1 saturated heterocycles. The summed E-state index contributed by atoms with van der Waals surface area (Å²) < 4.78 is 0. The largest absolute Gasteiger partial charge is 0.291 e. The summed E-state index contributed by atoms with van der Waals surface area (Å²) in [7, 11) is 0. The van der Waals surface area contributed by atoms with Crippen LogP contribution < -0.4 is 0 Å². The van der Waals surface area contributed by atoms with Crippen LogP contribution in [0.15, 0.2) is 53.5 Å². The first kappa shape index (κ1) is 18.3. The third-order valence-electron chi connectivity index (χ3n) is 3.92. The summed E-state index contributed by atoms with van der Waals surface area (Å²) in [5, 5.41) is 1.82. The van der Waals surface area contributed by atoms with Gasteiger partial charge in [0.25, 0.3) is 0 Å². The summed E-state index contributed by atoms with van der Waals surface area (Å²) in [6, 6.07) is 15.3. The standard InChI is InChI=1S/C19H18Cl2N2OS/c20-16-8-4-9-17(21)15(16)12-18(24)23-10-5-11-25-19(23)22-13-14-6-2-1-3-7-14/h1-4,6-9H,5,10-13H2. The summed E-state index contributed by atoms with van der Waals surface area (Å²) in [5.74, 6) is 0.957. The minimum absolute atomic E-state index is 0.0194. The zero-order valence-corrected chi connectivity index (χ0v) is 15.9. The number of amides is 1. The van der Waals surface area contributed by atoms with Gasteiger partial charge in [-0.3, -0.25) is 14.7 Å². The number of aliphatic imine (C=N–C) groups is 1. The topological polar surface area (TPSA) is 32.7 Å². The summed E-state index contributed by atoms with van der Waals surface area (Å²) in [4.78, 5) is 19.2. The maximum Gasteiger partial charge on any atom is 0.233 e. The number of carbonyl (C=O) groups is 1. The molecule has 1 amide bonds. The summed E-state index contributed by atoms with van der Waals surface area (Å²) in [5.41, 5.74) is 1.80. The Balaban J connectivity index is 1.75. The minimum Gasteiger partial charge on any atom is -0.291 e. The Morgan fingerprint density at radius 2 is 1.80 bits per heavy atom. The number of hydrogen-bond acceptors (Lipinski definition) is 3. The van der Waals surface area contributed by atoms with Crippen molar-refractivity contribution in [1.82, 2.24) is 4.90 Å². The number of thioether (sulfide) groups is 1. The molecule has 0 aliphatic carbocycles. The molecule has 0 N–H and O–H groups in total. The van der Waals surface area contributed by atoms with Gasteiger partial charge in [-0.05, 0) is 29.7 Å². The van der Waals surface area contributed by atoms with E-state index in [0.717, 1.165) is 22.9 Å². The van der Waals surface area contributed by atoms with Crippen LogP contribution in [0.1, 0.15) is 17.5 Å². The molecule has 1 aliphatic heterocycles. The molecule has 0 radical (unpaired) electrons. The molecule has 1 fully saturated rings. The molecule has 2 aromatic rings. The molecule has 0 atom stereocenters. The Kier molecular flexibility index (Phi) is 6.40. The zero-order valence-electron chi connectivity index (χ0n) is 13.6. The molecule has 130 valence electrons. The number of nitrogens with zero attached hydrogens (tertiary/aromatic N) is 2. The van der Waals surface area contributed by atoms with Gasteiger partial charge in [0.2, 0.25) is 5.91 Å². The lowest BCUT2D eigenvalue weighted by molar-refractivity contribution is -0.126. The summed E-state index contributed by atoms with van der Waals surface area (Å²) in [6.07, 6.45) is 1.14. The minimum atomic E-state index is -0.0194. The van der Waals surface area contributed by atoms with Gasteiger partial charge >= 0.3 is 0 Å². The molecule has 3 nitrogen and oxygen atoms in total. The number of benzene rings is 2. The molecule has 1 heterocycles. The lowest BCUT2D eigenvalue weighted by atomic mass is 10.1. The highest BCUT2D eigenvalue weighted by molar-refractivity contribution is 8.13. The van der Waals surface area contributed by atoms with Gasteiger partial charge in [-0.15, -0.1) is 0 Å². The second-order valence-electron chi connectivity index (χ2n) is 5.71. The fourth-order valence-corrected chi connectivity index (χ4v) is 4.10. The van der Waals surface area contributed by atoms with Gasteiger partial charge in [0, 0.05) is 22.3 Å². The zero-order chi connectivity index (χ0) is 17.6. The van der Waals surface area contributed by atoms with Gasteiger partial charge in [0.15, 0.2) is 5.17 Å². The van der Waals surface area contributed by atoms with E-state index in [9.17, 15) is 4.79 Å². The van der Waals surface area contributed by atoms with Gasteiger partial charge in [-0.25, -0.2) is 0 Å². The Hall–Kier alpha value is -1.49. The first-order valence-corrected chi connectivity index (χ1v) is 9.84. The van der Waals surface area contributed by atoms with Gasteiger partial charge in [0.1, 0.15) is 0 Å². The third kappa shape index (κ3) is 4.78. The van der Waals surface area contributed by atoms with Gasteiger partial charge in [-0.2, -0.15) is 0 Å². The highest BCUT2D eigenvalue weighted by Crippen LogP contribution is 2.26. The van der Waals surface area contributed by atoms with Crippen LogP contribution in [0.5, 0.6) is 0 Å². The van der Waals surface area contributed by atoms with E-state index in [-0.39, 0.29) is 12.3 Å². The molecule has 0 aromatic heterocycles. The highest BCUT2D eigenvalue weighted by atomic mass is 35.5. The molecule has 0 bridgehead atoms. The fraction of sp³-hybridized carbons (Fsp3) is 0.263. The Morgan fingerprint density at radius 3 is 2.52 bits per heavy atom. The second kappa shape index (κ2) is 8.75. The van der Waals surface area contributed by atoms with Crippen LogP contribution >= 0.6 is 35.0 Å². The average Bonchev–Trinajstić information content (AvgIpc) is 2.64. The van der Waals surface area contributed by atoms with Gasteiger partial charge in [0.05, 0.1) is 13.0 Å². The number of amidine groups is 1. The van der Waals surface area contributed by atoms with E-state index in [1.807, 2.05) is 30.3 Å².